The Kier molecular flexibility index (Phi) is 38.8. The number of nitrogens with one attached hydrogen (secondary N) is 1. The van der Waals surface area contributed by atoms with Crippen LogP contribution >= 0.6 is 19.1 Å². The Morgan fingerprint density at radius 2 is 1.08 bits per heavy atom. The summed E-state index contributed by atoms with van der Waals surface area (Å²) in [7, 11) is -3.03. The zero-order valence-corrected chi connectivity index (χ0v) is 35.8. The molecular formula is C40H83N2O8PS. The first-order chi connectivity index (χ1) is 25.2. The Bertz CT molecular complexity index is 810. The lowest BCUT2D eigenvalue weighted by Gasteiger charge is -2.20. The molecule has 0 aliphatic rings. The number of hydrogen-bond acceptors (Lipinski definition) is 9. The van der Waals surface area contributed by atoms with E-state index in [1.807, 2.05) is 6.92 Å². The van der Waals surface area contributed by atoms with Crippen molar-refractivity contribution >= 4 is 25.0 Å². The molecule has 0 aliphatic heterocycles. The highest BCUT2D eigenvalue weighted by Crippen LogP contribution is 2.34. The van der Waals surface area contributed by atoms with Crippen molar-refractivity contribution in [3.63, 3.8) is 0 Å². The molecule has 0 rings (SSSR count). The average molecular weight is 783 g/mol. The molecule has 0 aromatic carbocycles. The third-order valence-electron chi connectivity index (χ3n) is 8.89. The van der Waals surface area contributed by atoms with Crippen LogP contribution < -0.4 is 11.1 Å². The third kappa shape index (κ3) is 39.5. The fourth-order valence-corrected chi connectivity index (χ4v) is 7.08. The maximum absolute atomic E-state index is 12.7. The van der Waals surface area contributed by atoms with Gasteiger partial charge in [-0.15, -0.1) is 0 Å². The lowest BCUT2D eigenvalue weighted by Crippen LogP contribution is -2.47. The molecule has 0 aliphatic carbocycles. The molecular weight excluding hydrogens is 699 g/mol. The molecule has 0 aromatic rings. The van der Waals surface area contributed by atoms with Crippen molar-refractivity contribution in [2.75, 3.05) is 83.8 Å². The van der Waals surface area contributed by atoms with Gasteiger partial charge in [0.05, 0.1) is 58.4 Å². The Morgan fingerprint density at radius 3 is 1.60 bits per heavy atom. The fraction of sp³-hybridized carbons (Fsp3) is 0.975. The van der Waals surface area contributed by atoms with Crippen LogP contribution in [-0.4, -0.2) is 113 Å². The minimum absolute atomic E-state index is 0.00132. The lowest BCUT2D eigenvalue weighted by molar-refractivity contribution is -0.122. The van der Waals surface area contributed by atoms with E-state index >= 15 is 0 Å². The van der Waals surface area contributed by atoms with Crippen LogP contribution in [-0.2, 0) is 33.0 Å². The highest BCUT2D eigenvalue weighted by Gasteiger charge is 2.18. The highest BCUT2D eigenvalue weighted by atomic mass is 32.2. The predicted octanol–water partition coefficient (Wildman–Crippen LogP) is 8.75. The summed E-state index contributed by atoms with van der Waals surface area (Å²) in [5, 5.41) is 2.95. The van der Waals surface area contributed by atoms with Gasteiger partial charge in [-0.05, 0) is 19.8 Å². The van der Waals surface area contributed by atoms with E-state index in [0.29, 0.717) is 45.4 Å². The van der Waals surface area contributed by atoms with E-state index in [9.17, 15) is 14.3 Å². The summed E-state index contributed by atoms with van der Waals surface area (Å²) in [5.74, 6) is 1.08. The summed E-state index contributed by atoms with van der Waals surface area (Å²) >= 11 is 1.65. The van der Waals surface area contributed by atoms with Crippen LogP contribution in [0, 0.1) is 0 Å². The normalized spacial score (nSPS) is 14.7. The second-order valence-electron chi connectivity index (χ2n) is 14.6. The van der Waals surface area contributed by atoms with Gasteiger partial charge in [-0.2, -0.15) is 11.8 Å². The van der Waals surface area contributed by atoms with Crippen molar-refractivity contribution in [1.82, 2.24) is 5.32 Å². The number of amides is 1. The summed E-state index contributed by atoms with van der Waals surface area (Å²) in [6.07, 6.45) is 26.3. The minimum Gasteiger partial charge on any atom is -0.379 e. The molecule has 0 radical (unpaired) electrons. The van der Waals surface area contributed by atoms with Gasteiger partial charge in [0.1, 0.15) is 0 Å². The van der Waals surface area contributed by atoms with E-state index in [-0.39, 0.29) is 30.8 Å². The fourth-order valence-electron chi connectivity index (χ4n) is 5.62. The summed E-state index contributed by atoms with van der Waals surface area (Å²) in [5.41, 5.74) is 6.25. The number of carbonyl (C=O) groups is 1. The van der Waals surface area contributed by atoms with E-state index < -0.39 is 13.4 Å². The van der Waals surface area contributed by atoms with Gasteiger partial charge in [-0.1, -0.05) is 129 Å². The first-order valence-corrected chi connectivity index (χ1v) is 24.5. The molecule has 0 spiro atoms. The van der Waals surface area contributed by atoms with Crippen LogP contribution in [0.3, 0.4) is 0 Å². The summed E-state index contributed by atoms with van der Waals surface area (Å²) in [4.78, 5) is 21.9. The number of nitrogens with two attached hydrogens (primary N) is 1. The molecule has 4 atom stereocenters. The molecule has 0 heterocycles. The second-order valence-corrected chi connectivity index (χ2v) is 18.2. The Labute approximate surface area is 324 Å². The van der Waals surface area contributed by atoms with Gasteiger partial charge < -0.3 is 39.6 Å². The Morgan fingerprint density at radius 1 is 0.635 bits per heavy atom. The van der Waals surface area contributed by atoms with E-state index in [1.54, 1.807) is 11.8 Å². The first kappa shape index (κ1) is 51.8. The number of rotatable bonds is 42. The molecule has 1 amide bonds. The van der Waals surface area contributed by atoms with Crippen molar-refractivity contribution in [3.8, 4) is 0 Å². The van der Waals surface area contributed by atoms with Gasteiger partial charge in [0, 0.05) is 43.6 Å². The van der Waals surface area contributed by atoms with Gasteiger partial charge in [0.15, 0.2) is 7.37 Å². The first-order valence-electron chi connectivity index (χ1n) is 21.0. The van der Waals surface area contributed by atoms with Crippen molar-refractivity contribution < 1.29 is 37.9 Å². The van der Waals surface area contributed by atoms with E-state index in [0.717, 1.165) is 31.8 Å². The molecule has 52 heavy (non-hydrogen) atoms. The molecule has 0 saturated heterocycles. The van der Waals surface area contributed by atoms with Crippen LogP contribution in [0.1, 0.15) is 149 Å². The standard InChI is InChI=1S/C40H83N2O8PS/c1-5-7-9-11-13-15-17-19-21-23-25-48-34-38(50-26-24-22-20-18-16-14-12-10-8-6-2)35-52-36-39(41)40(43)42-37(3)33-49-30-29-46-27-28-47-31-32-51(4,44)45/h37-39H,5-36,41H2,1-4H3,(H,42,43)(H,44,45)/t37-,38+,39-/m0/s1. The molecule has 0 bridgehead atoms. The maximum Gasteiger partial charge on any atom is 0.238 e. The molecule has 0 saturated carbocycles. The van der Waals surface area contributed by atoms with Crippen molar-refractivity contribution in [2.24, 2.45) is 5.73 Å². The lowest BCUT2D eigenvalue weighted by atomic mass is 10.1. The molecule has 0 fully saturated rings. The number of unbranched alkanes of at least 4 members (excludes halogenated alkanes) is 18. The highest BCUT2D eigenvalue weighted by molar-refractivity contribution is 7.99. The zero-order valence-electron chi connectivity index (χ0n) is 34.1. The van der Waals surface area contributed by atoms with Crippen LogP contribution in [0.5, 0.6) is 0 Å². The molecule has 12 heteroatoms. The SMILES string of the molecule is CCCCCCCCCCCCOC[C@H](CSC[C@H](N)C(=O)N[C@@H](C)COCCOCCOCCP(C)(=O)O)OCCCCCCCCCCCC. The van der Waals surface area contributed by atoms with Crippen molar-refractivity contribution in [2.45, 2.75) is 167 Å². The summed E-state index contributed by atoms with van der Waals surface area (Å²) in [6.45, 7) is 12.0. The van der Waals surface area contributed by atoms with Gasteiger partial charge in [0.25, 0.3) is 0 Å². The second kappa shape index (κ2) is 39.0. The van der Waals surface area contributed by atoms with Crippen LogP contribution in [0.15, 0.2) is 0 Å². The number of ether oxygens (including phenoxy) is 5. The van der Waals surface area contributed by atoms with E-state index in [2.05, 4.69) is 19.2 Å². The van der Waals surface area contributed by atoms with Gasteiger partial charge in [0.2, 0.25) is 5.91 Å². The van der Waals surface area contributed by atoms with Gasteiger partial charge in [-0.3, -0.25) is 9.36 Å². The summed E-state index contributed by atoms with van der Waals surface area (Å²) in [6, 6.07) is -0.787. The minimum atomic E-state index is -3.03. The third-order valence-corrected chi connectivity index (χ3v) is 11.1. The molecule has 312 valence electrons. The van der Waals surface area contributed by atoms with Crippen LogP contribution in [0.25, 0.3) is 0 Å². The quantitative estimate of drug-likeness (QED) is 0.0407. The molecule has 4 N–H and O–H groups in total. The summed E-state index contributed by atoms with van der Waals surface area (Å²) < 4.78 is 39.9. The maximum atomic E-state index is 12.7. The van der Waals surface area contributed by atoms with Gasteiger partial charge in [-0.25, -0.2) is 0 Å². The Balaban J connectivity index is 4.24. The number of hydrogen-bond donors (Lipinski definition) is 3. The van der Waals surface area contributed by atoms with E-state index in [4.69, 9.17) is 29.4 Å². The van der Waals surface area contributed by atoms with Gasteiger partial charge >= 0.3 is 0 Å². The van der Waals surface area contributed by atoms with E-state index in [1.165, 1.54) is 122 Å². The zero-order chi connectivity index (χ0) is 38.4. The topological polar surface area (TPSA) is 139 Å². The van der Waals surface area contributed by atoms with Crippen LogP contribution in [0.2, 0.25) is 0 Å². The monoisotopic (exact) mass is 783 g/mol. The van der Waals surface area contributed by atoms with Crippen molar-refractivity contribution in [3.05, 3.63) is 0 Å². The smallest absolute Gasteiger partial charge is 0.238 e. The number of thioether (sulfide) groups is 1. The predicted molar refractivity (Wildman–Crippen MR) is 220 cm³/mol. The molecule has 1 unspecified atom stereocenters. The van der Waals surface area contributed by atoms with Crippen molar-refractivity contribution in [1.29, 1.82) is 0 Å². The Hall–Kier alpha value is -0.230. The molecule has 0 aromatic heterocycles. The molecule has 10 nitrogen and oxygen atoms in total. The average Bonchev–Trinajstić information content (AvgIpc) is 3.10. The largest absolute Gasteiger partial charge is 0.379 e. The van der Waals surface area contributed by atoms with Crippen LogP contribution in [0.4, 0.5) is 0 Å². The number of carbonyl (C=O) groups excluding carboxylic acids is 1.